The number of hydrogen-bond acceptors (Lipinski definition) is 5. The van der Waals surface area contributed by atoms with E-state index in [4.69, 9.17) is 26.2 Å². The Morgan fingerprint density at radius 3 is 2.71 bits per heavy atom. The number of halogens is 1. The van der Waals surface area contributed by atoms with E-state index in [0.29, 0.717) is 10.9 Å². The fraction of sp³-hybridized carbons (Fsp3) is 0.565. The normalized spacial score (nSPS) is 15.6. The van der Waals surface area contributed by atoms with Crippen LogP contribution in [0.15, 0.2) is 18.5 Å². The molecule has 0 radical (unpaired) electrons. The van der Waals surface area contributed by atoms with Gasteiger partial charge in [-0.15, -0.1) is 0 Å². The van der Waals surface area contributed by atoms with Gasteiger partial charge in [0.05, 0.1) is 28.7 Å². The molecule has 8 heteroatoms. The summed E-state index contributed by atoms with van der Waals surface area (Å²) in [6.45, 7) is 10.6. The van der Waals surface area contributed by atoms with Crippen LogP contribution < -0.4 is 10.1 Å². The van der Waals surface area contributed by atoms with Gasteiger partial charge in [0.1, 0.15) is 11.3 Å². The van der Waals surface area contributed by atoms with Crippen LogP contribution in [0.1, 0.15) is 44.9 Å². The van der Waals surface area contributed by atoms with Crippen molar-refractivity contribution in [3.05, 3.63) is 34.7 Å². The van der Waals surface area contributed by atoms with E-state index in [9.17, 15) is 0 Å². The second-order valence-electron chi connectivity index (χ2n) is 7.73. The van der Waals surface area contributed by atoms with Crippen molar-refractivity contribution in [3.8, 4) is 17.0 Å². The molecule has 1 fully saturated rings. The fourth-order valence-electron chi connectivity index (χ4n) is 4.10. The van der Waals surface area contributed by atoms with Gasteiger partial charge in [0, 0.05) is 38.6 Å². The van der Waals surface area contributed by atoms with E-state index < -0.39 is 0 Å². The molecule has 0 saturated carbocycles. The molecule has 1 saturated heterocycles. The molecule has 0 aromatic carbocycles. The minimum absolute atomic E-state index is 0.0635. The Balaban J connectivity index is 0.00000132. The lowest BCUT2D eigenvalue weighted by atomic mass is 9.95. The van der Waals surface area contributed by atoms with Crippen LogP contribution in [0.3, 0.4) is 0 Å². The molecule has 0 aliphatic carbocycles. The summed E-state index contributed by atoms with van der Waals surface area (Å²) in [7, 11) is 3.91. The molecule has 4 heterocycles. The topological polar surface area (TPSA) is 65.6 Å². The van der Waals surface area contributed by atoms with E-state index in [1.54, 1.807) is 10.7 Å². The second kappa shape index (κ2) is 10.5. The largest absolute Gasteiger partial charge is 0.488 e. The van der Waals surface area contributed by atoms with E-state index in [2.05, 4.69) is 24.3 Å². The lowest BCUT2D eigenvalue weighted by Crippen LogP contribution is -2.29. The molecule has 4 rings (SSSR count). The van der Waals surface area contributed by atoms with Gasteiger partial charge in [-0.25, -0.2) is 4.52 Å². The zero-order valence-electron chi connectivity index (χ0n) is 19.4. The van der Waals surface area contributed by atoms with Crippen LogP contribution in [0.2, 0.25) is 5.02 Å². The summed E-state index contributed by atoms with van der Waals surface area (Å²) >= 11 is 6.44. The molecule has 170 valence electrons. The number of hydrogen-bond donors (Lipinski definition) is 1. The first-order chi connectivity index (χ1) is 15.0. The van der Waals surface area contributed by atoms with E-state index in [1.165, 1.54) is 0 Å². The molecule has 0 bridgehead atoms. The van der Waals surface area contributed by atoms with Crippen molar-refractivity contribution in [2.45, 2.75) is 53.2 Å². The molecule has 1 atom stereocenters. The average molecular weight is 448 g/mol. The van der Waals surface area contributed by atoms with Gasteiger partial charge in [-0.05, 0) is 51.3 Å². The Morgan fingerprint density at radius 1 is 1.32 bits per heavy atom. The molecule has 0 spiro atoms. The monoisotopic (exact) mass is 447 g/mol. The highest BCUT2D eigenvalue weighted by Gasteiger charge is 2.24. The zero-order chi connectivity index (χ0) is 22.5. The van der Waals surface area contributed by atoms with E-state index in [0.717, 1.165) is 66.4 Å². The predicted molar refractivity (Wildman–Crippen MR) is 125 cm³/mol. The summed E-state index contributed by atoms with van der Waals surface area (Å²) in [5, 5.41) is 13.0. The van der Waals surface area contributed by atoms with Crippen molar-refractivity contribution in [1.82, 2.24) is 24.7 Å². The Hall–Kier alpha value is -2.09. The van der Waals surface area contributed by atoms with Gasteiger partial charge in [-0.2, -0.15) is 10.2 Å². The van der Waals surface area contributed by atoms with Gasteiger partial charge in [0.25, 0.3) is 0 Å². The quantitative estimate of drug-likeness (QED) is 0.596. The van der Waals surface area contributed by atoms with E-state index >= 15 is 0 Å². The van der Waals surface area contributed by atoms with Crippen LogP contribution in [0.4, 0.5) is 0 Å². The second-order valence-corrected chi connectivity index (χ2v) is 8.13. The van der Waals surface area contributed by atoms with Gasteiger partial charge in [-0.1, -0.05) is 25.4 Å². The summed E-state index contributed by atoms with van der Waals surface area (Å²) in [6, 6.07) is 2.04. The Labute approximate surface area is 189 Å². The van der Waals surface area contributed by atoms with Crippen molar-refractivity contribution < 1.29 is 9.47 Å². The third-order valence-corrected chi connectivity index (χ3v) is 6.10. The fourth-order valence-corrected chi connectivity index (χ4v) is 4.33. The lowest BCUT2D eigenvalue weighted by molar-refractivity contribution is 0.0242. The third kappa shape index (κ3) is 4.89. The molecule has 1 unspecified atom stereocenters. The van der Waals surface area contributed by atoms with Crippen LogP contribution in [0.25, 0.3) is 16.8 Å². The van der Waals surface area contributed by atoms with Gasteiger partial charge < -0.3 is 14.8 Å². The molecule has 1 N–H and O–H groups in total. The molecular formula is C23H34ClN5O2. The number of nitrogens with zero attached hydrogens (tertiary/aromatic N) is 4. The molecule has 0 amide bonds. The number of nitrogens with one attached hydrogen (secondary N) is 1. The van der Waals surface area contributed by atoms with Gasteiger partial charge in [0.2, 0.25) is 0 Å². The van der Waals surface area contributed by atoms with Crippen LogP contribution in [-0.2, 0) is 18.3 Å². The van der Waals surface area contributed by atoms with Crippen LogP contribution >= 0.6 is 11.6 Å². The number of rotatable bonds is 6. The van der Waals surface area contributed by atoms with Crippen LogP contribution in [0, 0.1) is 12.8 Å². The molecule has 1 aliphatic rings. The number of fused-ring (bicyclic) bond motifs is 1. The zero-order valence-corrected chi connectivity index (χ0v) is 20.2. The first kappa shape index (κ1) is 23.6. The van der Waals surface area contributed by atoms with Crippen LogP contribution in [-0.4, -0.2) is 45.8 Å². The minimum atomic E-state index is 0.0635. The summed E-state index contributed by atoms with van der Waals surface area (Å²) in [5.74, 6) is 1.21. The predicted octanol–water partition coefficient (Wildman–Crippen LogP) is 4.64. The first-order valence-corrected chi connectivity index (χ1v) is 11.5. The highest BCUT2D eigenvalue weighted by atomic mass is 35.5. The van der Waals surface area contributed by atoms with Crippen molar-refractivity contribution in [1.29, 1.82) is 0 Å². The SMILES string of the molecule is CC.CNCc1c(C)c(-c2cc(OC(C)C3CCOCC3)c3c(Cl)cnn3c2)nn1C. The van der Waals surface area contributed by atoms with Crippen LogP contribution in [0.5, 0.6) is 5.75 Å². The third-order valence-electron chi connectivity index (χ3n) is 5.82. The molecular weight excluding hydrogens is 414 g/mol. The van der Waals surface area contributed by atoms with Gasteiger partial charge in [-0.3, -0.25) is 4.68 Å². The summed E-state index contributed by atoms with van der Waals surface area (Å²) in [4.78, 5) is 0. The molecule has 31 heavy (non-hydrogen) atoms. The van der Waals surface area contributed by atoms with Gasteiger partial charge in [0.15, 0.2) is 0 Å². The molecule has 3 aromatic rings. The molecule has 1 aliphatic heterocycles. The lowest BCUT2D eigenvalue weighted by Gasteiger charge is -2.28. The van der Waals surface area contributed by atoms with E-state index in [-0.39, 0.29) is 6.10 Å². The smallest absolute Gasteiger partial charge is 0.147 e. The molecule has 7 nitrogen and oxygen atoms in total. The highest BCUT2D eigenvalue weighted by Crippen LogP contribution is 2.35. The van der Waals surface area contributed by atoms with Crippen molar-refractivity contribution in [2.24, 2.45) is 13.0 Å². The van der Waals surface area contributed by atoms with Gasteiger partial charge >= 0.3 is 0 Å². The number of aryl methyl sites for hydroxylation is 1. The van der Waals surface area contributed by atoms with Crippen molar-refractivity contribution in [3.63, 3.8) is 0 Å². The first-order valence-electron chi connectivity index (χ1n) is 11.1. The maximum atomic E-state index is 6.45. The Morgan fingerprint density at radius 2 is 2.03 bits per heavy atom. The summed E-state index contributed by atoms with van der Waals surface area (Å²) in [5.41, 5.74) is 4.97. The summed E-state index contributed by atoms with van der Waals surface area (Å²) in [6.07, 6.45) is 5.71. The van der Waals surface area contributed by atoms with Crippen molar-refractivity contribution in [2.75, 3.05) is 20.3 Å². The maximum Gasteiger partial charge on any atom is 0.147 e. The Kier molecular flexibility index (Phi) is 7.97. The number of ether oxygens (including phenoxy) is 2. The highest BCUT2D eigenvalue weighted by molar-refractivity contribution is 6.34. The summed E-state index contributed by atoms with van der Waals surface area (Å²) < 4.78 is 15.6. The number of pyridine rings is 1. The minimum Gasteiger partial charge on any atom is -0.488 e. The standard InChI is InChI=1S/C21H28ClN5O2.C2H6/c1-13-18(11-23-3)26(4)25-20(13)16-9-19(21-17(22)10-24-27(21)12-16)29-14(2)15-5-7-28-8-6-15;1-2/h9-10,12,14-15,23H,5-8,11H2,1-4H3;1-2H3. The Bertz CT molecular complexity index is 1010. The average Bonchev–Trinajstić information content (AvgIpc) is 3.30. The molecule has 3 aromatic heterocycles. The number of aromatic nitrogens is 4. The maximum absolute atomic E-state index is 6.45. The van der Waals surface area contributed by atoms with E-state index in [1.807, 2.05) is 44.9 Å². The van der Waals surface area contributed by atoms with Crippen molar-refractivity contribution >= 4 is 17.1 Å².